The minimum Gasteiger partial charge on any atom is -0.496 e. The highest BCUT2D eigenvalue weighted by molar-refractivity contribution is 9.10. The minimum absolute atomic E-state index is 0.219. The number of nitrogens with zero attached hydrogens (tertiary/aromatic N) is 1. The highest BCUT2D eigenvalue weighted by atomic mass is 79.9. The van der Waals surface area contributed by atoms with Crippen LogP contribution < -0.4 is 14.9 Å². The number of rotatable bonds is 7. The fourth-order valence-corrected chi connectivity index (χ4v) is 2.34. The van der Waals surface area contributed by atoms with Crippen molar-refractivity contribution in [1.29, 1.82) is 0 Å². The van der Waals surface area contributed by atoms with Gasteiger partial charge in [-0.3, -0.25) is 0 Å². The van der Waals surface area contributed by atoms with Gasteiger partial charge in [-0.15, -0.1) is 6.42 Å². The van der Waals surface area contributed by atoms with Gasteiger partial charge in [-0.25, -0.2) is 0 Å². The smallest absolute Gasteiger partial charge is 0.148 e. The first-order valence-electron chi connectivity index (χ1n) is 6.98. The summed E-state index contributed by atoms with van der Waals surface area (Å²) in [5, 5.41) is 4.24. The first kappa shape index (κ1) is 16.9. The zero-order chi connectivity index (χ0) is 16.5. The molecular formula is C18H17BrN2O2. The van der Waals surface area contributed by atoms with E-state index in [0.29, 0.717) is 12.3 Å². The van der Waals surface area contributed by atoms with E-state index in [1.54, 1.807) is 13.3 Å². The van der Waals surface area contributed by atoms with Gasteiger partial charge in [0.2, 0.25) is 0 Å². The molecule has 23 heavy (non-hydrogen) atoms. The van der Waals surface area contributed by atoms with Crippen molar-refractivity contribution in [3.8, 4) is 23.8 Å². The number of benzene rings is 2. The van der Waals surface area contributed by atoms with Crippen LogP contribution in [0.2, 0.25) is 0 Å². The normalized spacial score (nSPS) is 10.3. The maximum atomic E-state index is 5.50. The summed E-state index contributed by atoms with van der Waals surface area (Å²) in [6.45, 7) is 0.784. The lowest BCUT2D eigenvalue weighted by molar-refractivity contribution is 0.370. The van der Waals surface area contributed by atoms with Crippen LogP contribution in [0.15, 0.2) is 52.0 Å². The standard InChI is InChI=1S/C18H17BrN2O2/c1-3-10-23-18-9-8-16(19)11-15(18)13-21-20-12-14-6-4-5-7-17(14)22-2/h1,4-9,11,13,20H,10,12H2,2H3/b21-13-. The van der Waals surface area contributed by atoms with Crippen LogP contribution in [0, 0.1) is 12.3 Å². The van der Waals surface area contributed by atoms with E-state index in [0.717, 1.165) is 21.3 Å². The first-order valence-corrected chi connectivity index (χ1v) is 7.77. The van der Waals surface area contributed by atoms with E-state index in [9.17, 15) is 0 Å². The molecule has 0 aliphatic carbocycles. The van der Waals surface area contributed by atoms with Gasteiger partial charge in [0.25, 0.3) is 0 Å². The summed E-state index contributed by atoms with van der Waals surface area (Å²) >= 11 is 3.43. The maximum absolute atomic E-state index is 5.50. The summed E-state index contributed by atoms with van der Waals surface area (Å²) in [4.78, 5) is 0. The Balaban J connectivity index is 2.03. The molecule has 0 aromatic heterocycles. The van der Waals surface area contributed by atoms with Gasteiger partial charge in [-0.05, 0) is 24.3 Å². The quantitative estimate of drug-likeness (QED) is 0.458. The average molecular weight is 373 g/mol. The van der Waals surface area contributed by atoms with Gasteiger partial charge in [0.15, 0.2) is 0 Å². The molecule has 0 spiro atoms. The Bertz CT molecular complexity index is 723. The van der Waals surface area contributed by atoms with E-state index >= 15 is 0 Å². The molecule has 0 fully saturated rings. The largest absolute Gasteiger partial charge is 0.496 e. The Morgan fingerprint density at radius 1 is 1.26 bits per heavy atom. The van der Waals surface area contributed by atoms with Crippen molar-refractivity contribution in [2.45, 2.75) is 6.54 Å². The number of para-hydroxylation sites is 1. The van der Waals surface area contributed by atoms with Crippen molar-refractivity contribution in [1.82, 2.24) is 5.43 Å². The van der Waals surface area contributed by atoms with E-state index in [-0.39, 0.29) is 6.61 Å². The van der Waals surface area contributed by atoms with Crippen molar-refractivity contribution in [3.63, 3.8) is 0 Å². The van der Waals surface area contributed by atoms with Gasteiger partial charge in [0.1, 0.15) is 18.1 Å². The molecule has 0 saturated heterocycles. The predicted octanol–water partition coefficient (Wildman–Crippen LogP) is 3.59. The molecule has 0 amide bonds. The molecule has 0 saturated carbocycles. The Morgan fingerprint density at radius 2 is 2.09 bits per heavy atom. The number of ether oxygens (including phenoxy) is 2. The van der Waals surface area contributed by atoms with Crippen molar-refractivity contribution in [2.75, 3.05) is 13.7 Å². The molecule has 0 atom stereocenters. The van der Waals surface area contributed by atoms with Gasteiger partial charge >= 0.3 is 0 Å². The zero-order valence-corrected chi connectivity index (χ0v) is 14.3. The van der Waals surface area contributed by atoms with Crippen molar-refractivity contribution >= 4 is 22.1 Å². The van der Waals surface area contributed by atoms with Crippen LogP contribution in [0.5, 0.6) is 11.5 Å². The van der Waals surface area contributed by atoms with Crippen molar-refractivity contribution in [3.05, 3.63) is 58.1 Å². The third-order valence-corrected chi connectivity index (χ3v) is 3.53. The van der Waals surface area contributed by atoms with Crippen LogP contribution in [0.25, 0.3) is 0 Å². The first-order chi connectivity index (χ1) is 11.2. The third kappa shape index (κ3) is 5.04. The number of hydrazone groups is 1. The molecule has 5 heteroatoms. The lowest BCUT2D eigenvalue weighted by Crippen LogP contribution is -2.07. The van der Waals surface area contributed by atoms with Crippen LogP contribution in [-0.4, -0.2) is 19.9 Å². The monoisotopic (exact) mass is 372 g/mol. The second-order valence-corrected chi connectivity index (χ2v) is 5.50. The molecule has 2 rings (SSSR count). The lowest BCUT2D eigenvalue weighted by Gasteiger charge is -2.08. The number of halogens is 1. The molecule has 0 unspecified atom stereocenters. The molecule has 0 aliphatic heterocycles. The number of hydrogen-bond acceptors (Lipinski definition) is 4. The molecule has 2 aromatic rings. The Morgan fingerprint density at radius 3 is 2.87 bits per heavy atom. The van der Waals surface area contributed by atoms with Gasteiger partial charge in [-0.2, -0.15) is 5.10 Å². The minimum atomic E-state index is 0.219. The van der Waals surface area contributed by atoms with Gasteiger partial charge < -0.3 is 14.9 Å². The summed E-state index contributed by atoms with van der Waals surface area (Å²) in [6, 6.07) is 13.5. The molecule has 0 bridgehead atoms. The molecule has 118 valence electrons. The zero-order valence-electron chi connectivity index (χ0n) is 12.8. The highest BCUT2D eigenvalue weighted by Crippen LogP contribution is 2.22. The van der Waals surface area contributed by atoms with Gasteiger partial charge in [0.05, 0.1) is 19.9 Å². The lowest BCUT2D eigenvalue weighted by atomic mass is 10.2. The summed E-state index contributed by atoms with van der Waals surface area (Å²) in [5.41, 5.74) is 4.87. The molecule has 2 aromatic carbocycles. The van der Waals surface area contributed by atoms with Gasteiger partial charge in [0, 0.05) is 15.6 Å². The average Bonchev–Trinajstić information content (AvgIpc) is 2.58. The number of terminal acetylenes is 1. The van der Waals surface area contributed by atoms with E-state index in [2.05, 4.69) is 32.4 Å². The van der Waals surface area contributed by atoms with E-state index in [1.165, 1.54) is 0 Å². The van der Waals surface area contributed by atoms with Crippen LogP contribution in [0.4, 0.5) is 0 Å². The summed E-state index contributed by atoms with van der Waals surface area (Å²) in [6.07, 6.45) is 6.93. The second-order valence-electron chi connectivity index (χ2n) is 4.58. The van der Waals surface area contributed by atoms with Crippen LogP contribution in [-0.2, 0) is 6.54 Å². The van der Waals surface area contributed by atoms with E-state index in [4.69, 9.17) is 15.9 Å². The molecule has 0 radical (unpaired) electrons. The predicted molar refractivity (Wildman–Crippen MR) is 95.9 cm³/mol. The number of nitrogens with one attached hydrogen (secondary N) is 1. The topological polar surface area (TPSA) is 42.8 Å². The third-order valence-electron chi connectivity index (χ3n) is 3.04. The van der Waals surface area contributed by atoms with E-state index < -0.39 is 0 Å². The maximum Gasteiger partial charge on any atom is 0.148 e. The van der Waals surface area contributed by atoms with Crippen LogP contribution in [0.1, 0.15) is 11.1 Å². The molecule has 4 nitrogen and oxygen atoms in total. The number of hydrogen-bond donors (Lipinski definition) is 1. The Labute approximate surface area is 144 Å². The Kier molecular flexibility index (Phi) is 6.52. The second kappa shape index (κ2) is 8.86. The fraction of sp³-hybridized carbons (Fsp3) is 0.167. The summed E-state index contributed by atoms with van der Waals surface area (Å²) in [7, 11) is 1.65. The van der Waals surface area contributed by atoms with Crippen LogP contribution >= 0.6 is 15.9 Å². The number of methoxy groups -OCH3 is 1. The van der Waals surface area contributed by atoms with E-state index in [1.807, 2.05) is 42.5 Å². The molecule has 0 aliphatic rings. The molecule has 1 N–H and O–H groups in total. The summed E-state index contributed by atoms with van der Waals surface area (Å²) < 4.78 is 11.7. The summed E-state index contributed by atoms with van der Waals surface area (Å²) in [5.74, 6) is 3.97. The molecule has 0 heterocycles. The Hall–Kier alpha value is -2.45. The van der Waals surface area contributed by atoms with Crippen molar-refractivity contribution < 1.29 is 9.47 Å². The molecular weight excluding hydrogens is 356 g/mol. The van der Waals surface area contributed by atoms with Crippen molar-refractivity contribution in [2.24, 2.45) is 5.10 Å². The van der Waals surface area contributed by atoms with Crippen LogP contribution in [0.3, 0.4) is 0 Å². The SMILES string of the molecule is C#CCOc1ccc(Br)cc1/C=N\NCc1ccccc1OC. The van der Waals surface area contributed by atoms with Gasteiger partial charge in [-0.1, -0.05) is 40.0 Å². The highest BCUT2D eigenvalue weighted by Gasteiger charge is 2.03. The fourth-order valence-electron chi connectivity index (χ4n) is 1.97.